The minimum absolute atomic E-state index is 0.0152. The Labute approximate surface area is 145 Å². The molecule has 0 saturated carbocycles. The molecule has 0 aliphatic carbocycles. The minimum Gasteiger partial charge on any atom is -0.451 e. The highest BCUT2D eigenvalue weighted by Gasteiger charge is 2.31. The molecule has 0 bridgehead atoms. The second kappa shape index (κ2) is 7.58. The average molecular weight is 372 g/mol. The number of rotatable bonds is 5. The SMILES string of the molecule is C[C@@H](O)[C@H](NC(=O)c1ccc(-c2cccc(C(F)(F)F)c2)o1)C(=O)NO. The van der Waals surface area contributed by atoms with Crippen LogP contribution >= 0.6 is 0 Å². The van der Waals surface area contributed by atoms with Crippen LogP contribution in [0.3, 0.4) is 0 Å². The Morgan fingerprint density at radius 3 is 2.46 bits per heavy atom. The van der Waals surface area contributed by atoms with Gasteiger partial charge in [0.1, 0.15) is 11.8 Å². The maximum atomic E-state index is 12.8. The van der Waals surface area contributed by atoms with E-state index in [-0.39, 0.29) is 17.1 Å². The molecule has 0 spiro atoms. The lowest BCUT2D eigenvalue weighted by Crippen LogP contribution is -2.51. The van der Waals surface area contributed by atoms with Gasteiger partial charge in [0.25, 0.3) is 11.8 Å². The Hall–Kier alpha value is -2.85. The highest BCUT2D eigenvalue weighted by molar-refractivity contribution is 5.96. The molecule has 0 aliphatic rings. The third kappa shape index (κ3) is 4.41. The largest absolute Gasteiger partial charge is 0.451 e. The number of carbonyl (C=O) groups excluding carboxylic acids is 2. The van der Waals surface area contributed by atoms with Gasteiger partial charge in [0.05, 0.1) is 11.7 Å². The number of hydrogen-bond donors (Lipinski definition) is 4. The number of nitrogens with one attached hydrogen (secondary N) is 2. The Morgan fingerprint density at radius 2 is 1.88 bits per heavy atom. The molecule has 2 atom stereocenters. The monoisotopic (exact) mass is 372 g/mol. The third-order valence-corrected chi connectivity index (χ3v) is 3.47. The second-order valence-corrected chi connectivity index (χ2v) is 5.41. The van der Waals surface area contributed by atoms with Gasteiger partial charge in [0, 0.05) is 5.56 Å². The lowest BCUT2D eigenvalue weighted by atomic mass is 10.1. The molecule has 0 radical (unpaired) electrons. The number of benzene rings is 1. The maximum absolute atomic E-state index is 12.8. The van der Waals surface area contributed by atoms with Gasteiger partial charge in [0.2, 0.25) is 0 Å². The van der Waals surface area contributed by atoms with Crippen LogP contribution in [0.25, 0.3) is 11.3 Å². The fourth-order valence-electron chi connectivity index (χ4n) is 2.15. The number of halogens is 3. The van der Waals surface area contributed by atoms with Crippen LogP contribution < -0.4 is 10.8 Å². The van der Waals surface area contributed by atoms with Gasteiger partial charge in [-0.25, -0.2) is 5.48 Å². The third-order valence-electron chi connectivity index (χ3n) is 3.47. The smallest absolute Gasteiger partial charge is 0.416 e. The molecule has 10 heteroatoms. The van der Waals surface area contributed by atoms with Crippen molar-refractivity contribution in [2.45, 2.75) is 25.2 Å². The van der Waals surface area contributed by atoms with Crippen LogP contribution in [-0.2, 0) is 11.0 Å². The molecular formula is C16H15F3N2O5. The number of aliphatic hydroxyl groups excluding tert-OH is 1. The summed E-state index contributed by atoms with van der Waals surface area (Å²) in [6.45, 7) is 1.22. The van der Waals surface area contributed by atoms with E-state index in [1.54, 1.807) is 0 Å². The summed E-state index contributed by atoms with van der Waals surface area (Å²) in [7, 11) is 0. The molecule has 1 aromatic heterocycles. The summed E-state index contributed by atoms with van der Waals surface area (Å²) < 4.78 is 43.5. The standard InChI is InChI=1S/C16H15F3N2O5/c1-8(22)13(15(24)21-25)20-14(23)12-6-5-11(26-12)9-3-2-4-10(7-9)16(17,18)19/h2-8,13,22,25H,1H3,(H,20,23)(H,21,24)/t8-,13+/m1/s1. The predicted octanol–water partition coefficient (Wildman–Crippen LogP) is 1.95. The number of amides is 2. The normalized spacial score (nSPS) is 13.8. The lowest BCUT2D eigenvalue weighted by Gasteiger charge is -2.18. The molecule has 0 fully saturated rings. The average Bonchev–Trinajstić information content (AvgIpc) is 3.08. The van der Waals surface area contributed by atoms with E-state index in [4.69, 9.17) is 9.62 Å². The van der Waals surface area contributed by atoms with Crippen molar-refractivity contribution < 1.29 is 37.5 Å². The number of furan rings is 1. The topological polar surface area (TPSA) is 112 Å². The van der Waals surface area contributed by atoms with E-state index >= 15 is 0 Å². The summed E-state index contributed by atoms with van der Waals surface area (Å²) in [6, 6.07) is 5.42. The van der Waals surface area contributed by atoms with E-state index in [2.05, 4.69) is 5.32 Å². The van der Waals surface area contributed by atoms with Crippen molar-refractivity contribution in [2.75, 3.05) is 0 Å². The zero-order valence-corrected chi connectivity index (χ0v) is 13.4. The number of alkyl halides is 3. The minimum atomic E-state index is -4.52. The Morgan fingerprint density at radius 1 is 1.19 bits per heavy atom. The molecule has 2 rings (SSSR count). The molecule has 2 aromatic rings. The Balaban J connectivity index is 2.22. The number of carbonyl (C=O) groups is 2. The maximum Gasteiger partial charge on any atom is 0.416 e. The fourth-order valence-corrected chi connectivity index (χ4v) is 2.15. The summed E-state index contributed by atoms with van der Waals surface area (Å²) in [5.74, 6) is -2.20. The molecule has 2 amide bonds. The van der Waals surface area contributed by atoms with Gasteiger partial charge in [0.15, 0.2) is 5.76 Å². The molecule has 4 N–H and O–H groups in total. The highest BCUT2D eigenvalue weighted by atomic mass is 19.4. The molecule has 7 nitrogen and oxygen atoms in total. The van der Waals surface area contributed by atoms with Crippen molar-refractivity contribution in [1.82, 2.24) is 10.8 Å². The first-order valence-electron chi connectivity index (χ1n) is 7.34. The van der Waals surface area contributed by atoms with E-state index in [0.29, 0.717) is 0 Å². The summed E-state index contributed by atoms with van der Waals surface area (Å²) >= 11 is 0. The van der Waals surface area contributed by atoms with Crippen LogP contribution in [0.4, 0.5) is 13.2 Å². The number of aliphatic hydroxyl groups is 1. The van der Waals surface area contributed by atoms with Crippen LogP contribution in [0.1, 0.15) is 23.0 Å². The van der Waals surface area contributed by atoms with Crippen LogP contribution in [-0.4, -0.2) is 34.3 Å². The van der Waals surface area contributed by atoms with Crippen LogP contribution in [0.5, 0.6) is 0 Å². The molecule has 0 aliphatic heterocycles. The van der Waals surface area contributed by atoms with Gasteiger partial charge < -0.3 is 14.8 Å². The summed E-state index contributed by atoms with van der Waals surface area (Å²) in [6.07, 6.45) is -5.84. The molecule has 1 aromatic carbocycles. The first kappa shape index (κ1) is 19.5. The summed E-state index contributed by atoms with van der Waals surface area (Å²) in [5.41, 5.74) is 0.545. The van der Waals surface area contributed by atoms with E-state index in [1.165, 1.54) is 36.7 Å². The predicted molar refractivity (Wildman–Crippen MR) is 82.0 cm³/mol. The molecule has 140 valence electrons. The van der Waals surface area contributed by atoms with Gasteiger partial charge >= 0.3 is 6.18 Å². The number of hydrogen-bond acceptors (Lipinski definition) is 5. The highest BCUT2D eigenvalue weighted by Crippen LogP contribution is 2.32. The van der Waals surface area contributed by atoms with Crippen molar-refractivity contribution >= 4 is 11.8 Å². The molecule has 26 heavy (non-hydrogen) atoms. The van der Waals surface area contributed by atoms with Gasteiger partial charge in [-0.2, -0.15) is 13.2 Å². The van der Waals surface area contributed by atoms with Crippen LogP contribution in [0.15, 0.2) is 40.8 Å². The van der Waals surface area contributed by atoms with E-state index in [0.717, 1.165) is 12.1 Å². The van der Waals surface area contributed by atoms with Crippen molar-refractivity contribution in [3.63, 3.8) is 0 Å². The first-order chi connectivity index (χ1) is 12.1. The number of hydroxylamine groups is 1. The van der Waals surface area contributed by atoms with Crippen molar-refractivity contribution in [1.29, 1.82) is 0 Å². The van der Waals surface area contributed by atoms with Crippen LogP contribution in [0.2, 0.25) is 0 Å². The van der Waals surface area contributed by atoms with Crippen LogP contribution in [0, 0.1) is 0 Å². The molecule has 0 unspecified atom stereocenters. The molecular weight excluding hydrogens is 357 g/mol. The Bertz CT molecular complexity index is 801. The molecule has 1 heterocycles. The fraction of sp³-hybridized carbons (Fsp3) is 0.250. The van der Waals surface area contributed by atoms with Gasteiger partial charge in [-0.15, -0.1) is 0 Å². The van der Waals surface area contributed by atoms with E-state index < -0.39 is 35.7 Å². The quantitative estimate of drug-likeness (QED) is 0.474. The summed E-state index contributed by atoms with van der Waals surface area (Å²) in [4.78, 5) is 23.5. The zero-order chi connectivity index (χ0) is 19.5. The van der Waals surface area contributed by atoms with Crippen molar-refractivity contribution in [2.24, 2.45) is 0 Å². The molecule has 0 saturated heterocycles. The van der Waals surface area contributed by atoms with Gasteiger partial charge in [-0.1, -0.05) is 12.1 Å². The second-order valence-electron chi connectivity index (χ2n) is 5.41. The van der Waals surface area contributed by atoms with Crippen molar-refractivity contribution in [3.05, 3.63) is 47.7 Å². The lowest BCUT2D eigenvalue weighted by molar-refractivity contribution is -0.137. The van der Waals surface area contributed by atoms with E-state index in [9.17, 15) is 27.9 Å². The van der Waals surface area contributed by atoms with Gasteiger partial charge in [-0.3, -0.25) is 14.8 Å². The van der Waals surface area contributed by atoms with Gasteiger partial charge in [-0.05, 0) is 31.2 Å². The Kier molecular flexibility index (Phi) is 5.68. The zero-order valence-electron chi connectivity index (χ0n) is 13.4. The van der Waals surface area contributed by atoms with E-state index in [1.807, 2.05) is 0 Å². The first-order valence-corrected chi connectivity index (χ1v) is 7.34. The summed E-state index contributed by atoms with van der Waals surface area (Å²) in [5, 5.41) is 20.2. The van der Waals surface area contributed by atoms with Crippen molar-refractivity contribution in [3.8, 4) is 11.3 Å².